The Balaban J connectivity index is 1.55. The number of aromatic nitrogens is 4. The van der Waals surface area contributed by atoms with Crippen LogP contribution in [-0.4, -0.2) is 51.4 Å². The first-order valence-corrected chi connectivity index (χ1v) is 11.9. The number of nitrogens with one attached hydrogen (secondary N) is 2. The highest BCUT2D eigenvalue weighted by atomic mass is 32.2. The maximum absolute atomic E-state index is 12.9. The van der Waals surface area contributed by atoms with Crippen molar-refractivity contribution in [2.75, 3.05) is 12.8 Å². The van der Waals surface area contributed by atoms with E-state index in [4.69, 9.17) is 0 Å². The maximum Gasteiger partial charge on any atom is 0.255 e. The van der Waals surface area contributed by atoms with Crippen molar-refractivity contribution in [3.8, 4) is 11.3 Å². The van der Waals surface area contributed by atoms with Crippen LogP contribution in [0.5, 0.6) is 0 Å². The van der Waals surface area contributed by atoms with Gasteiger partial charge in [0.25, 0.3) is 5.91 Å². The molecule has 10 heteroatoms. The Kier molecular flexibility index (Phi) is 5.44. The summed E-state index contributed by atoms with van der Waals surface area (Å²) in [5.74, 6) is -0.265. The zero-order valence-electron chi connectivity index (χ0n) is 18.1. The number of carbonyl (C=O) groups is 1. The average Bonchev–Trinajstić information content (AvgIpc) is 3.30. The summed E-state index contributed by atoms with van der Waals surface area (Å²) in [5.41, 5.74) is 6.79. The first-order chi connectivity index (χ1) is 14.6. The van der Waals surface area contributed by atoms with Crippen LogP contribution in [0.3, 0.4) is 0 Å². The summed E-state index contributed by atoms with van der Waals surface area (Å²) in [5, 5.41) is 14.4. The molecule has 3 heterocycles. The molecule has 0 radical (unpaired) electrons. The van der Waals surface area contributed by atoms with Gasteiger partial charge in [-0.25, -0.2) is 8.42 Å². The molecule has 0 saturated carbocycles. The van der Waals surface area contributed by atoms with Crippen LogP contribution in [-0.2, 0) is 36.6 Å². The molecule has 1 amide bonds. The molecule has 164 valence electrons. The summed E-state index contributed by atoms with van der Waals surface area (Å²) in [6.07, 6.45) is 3.32. The summed E-state index contributed by atoms with van der Waals surface area (Å²) < 4.78 is 27.2. The van der Waals surface area contributed by atoms with E-state index in [1.807, 2.05) is 33.0 Å². The second-order valence-corrected chi connectivity index (χ2v) is 9.98. The molecule has 1 aliphatic heterocycles. The number of nitrogens with zero attached hydrogens (tertiary/aromatic N) is 4. The molecule has 2 N–H and O–H groups in total. The minimum atomic E-state index is -3.29. The number of rotatable bonds is 5. The van der Waals surface area contributed by atoms with Crippen molar-refractivity contribution in [3.05, 3.63) is 58.0 Å². The van der Waals surface area contributed by atoms with Crippen LogP contribution in [0.1, 0.15) is 38.4 Å². The molecule has 4 rings (SSSR count). The van der Waals surface area contributed by atoms with Gasteiger partial charge in [0.05, 0.1) is 35.9 Å². The summed E-state index contributed by atoms with van der Waals surface area (Å²) in [6, 6.07) is 6.04. The maximum atomic E-state index is 12.9. The largest absolute Gasteiger partial charge is 0.346 e. The number of hydrogen-bond donors (Lipinski definition) is 2. The highest BCUT2D eigenvalue weighted by molar-refractivity contribution is 7.88. The fraction of sp³-hybridized carbons (Fsp3) is 0.381. The van der Waals surface area contributed by atoms with Crippen molar-refractivity contribution < 1.29 is 13.2 Å². The van der Waals surface area contributed by atoms with Crippen molar-refractivity contribution in [2.45, 2.75) is 33.4 Å². The number of carbonyl (C=O) groups excluding carboxylic acids is 1. The molecule has 3 aromatic rings. The minimum Gasteiger partial charge on any atom is -0.346 e. The van der Waals surface area contributed by atoms with Gasteiger partial charge in [0.15, 0.2) is 0 Å². The number of benzene rings is 1. The zero-order chi connectivity index (χ0) is 22.3. The molecule has 0 spiro atoms. The van der Waals surface area contributed by atoms with Gasteiger partial charge in [-0.15, -0.1) is 0 Å². The Morgan fingerprint density at radius 2 is 2.06 bits per heavy atom. The van der Waals surface area contributed by atoms with Gasteiger partial charge in [-0.1, -0.05) is 23.8 Å². The lowest BCUT2D eigenvalue weighted by Gasteiger charge is -2.25. The molecule has 31 heavy (non-hydrogen) atoms. The van der Waals surface area contributed by atoms with E-state index in [2.05, 4.69) is 26.7 Å². The first-order valence-electron chi connectivity index (χ1n) is 10.0. The highest BCUT2D eigenvalue weighted by Crippen LogP contribution is 2.26. The molecule has 0 unspecified atom stereocenters. The quantitative estimate of drug-likeness (QED) is 0.624. The van der Waals surface area contributed by atoms with Crippen molar-refractivity contribution >= 4 is 15.9 Å². The van der Waals surface area contributed by atoms with E-state index >= 15 is 0 Å². The number of sulfonamides is 1. The summed E-state index contributed by atoms with van der Waals surface area (Å²) in [7, 11) is -1.45. The van der Waals surface area contributed by atoms with Gasteiger partial charge in [0, 0.05) is 43.4 Å². The van der Waals surface area contributed by atoms with Gasteiger partial charge in [0.2, 0.25) is 10.0 Å². The lowest BCUT2D eigenvalue weighted by Crippen LogP contribution is -2.36. The topological polar surface area (TPSA) is 113 Å². The molecule has 0 fully saturated rings. The predicted molar refractivity (Wildman–Crippen MR) is 117 cm³/mol. The number of aromatic amines is 1. The fourth-order valence-electron chi connectivity index (χ4n) is 4.09. The Morgan fingerprint density at radius 3 is 2.77 bits per heavy atom. The lowest BCUT2D eigenvalue weighted by molar-refractivity contribution is 0.0951. The lowest BCUT2D eigenvalue weighted by atomic mass is 10.0. The van der Waals surface area contributed by atoms with E-state index in [0.29, 0.717) is 29.9 Å². The molecule has 1 aromatic carbocycles. The monoisotopic (exact) mass is 442 g/mol. The SMILES string of the molecule is Cc1ccc(-c2[nH]ncc2C(=O)NCc2nn(C)c3c2CN(S(C)(=O)=O)CC3)c(C)c1. The third kappa shape index (κ3) is 4.13. The smallest absolute Gasteiger partial charge is 0.255 e. The summed E-state index contributed by atoms with van der Waals surface area (Å²) >= 11 is 0. The van der Waals surface area contributed by atoms with Crippen LogP contribution in [0.2, 0.25) is 0 Å². The Hall–Kier alpha value is -2.98. The third-order valence-corrected chi connectivity index (χ3v) is 6.96. The van der Waals surface area contributed by atoms with E-state index < -0.39 is 10.0 Å². The molecule has 0 bridgehead atoms. The molecule has 0 aliphatic carbocycles. The Morgan fingerprint density at radius 1 is 1.29 bits per heavy atom. The number of hydrogen-bond acceptors (Lipinski definition) is 5. The normalized spacial score (nSPS) is 14.5. The van der Waals surface area contributed by atoms with Gasteiger partial charge in [-0.05, 0) is 19.4 Å². The van der Waals surface area contributed by atoms with E-state index in [9.17, 15) is 13.2 Å². The molecule has 0 atom stereocenters. The number of amides is 1. The van der Waals surface area contributed by atoms with Crippen LogP contribution < -0.4 is 5.32 Å². The van der Waals surface area contributed by atoms with Gasteiger partial charge >= 0.3 is 0 Å². The number of aryl methyl sites for hydroxylation is 3. The van der Waals surface area contributed by atoms with Crippen molar-refractivity contribution in [2.24, 2.45) is 7.05 Å². The van der Waals surface area contributed by atoms with E-state index in [0.717, 1.165) is 27.9 Å². The van der Waals surface area contributed by atoms with Crippen LogP contribution in [0.4, 0.5) is 0 Å². The van der Waals surface area contributed by atoms with Crippen molar-refractivity contribution in [1.82, 2.24) is 29.6 Å². The van der Waals surface area contributed by atoms with Gasteiger partial charge < -0.3 is 5.32 Å². The van der Waals surface area contributed by atoms with Crippen molar-refractivity contribution in [1.29, 1.82) is 0 Å². The molecule has 9 nitrogen and oxygen atoms in total. The standard InChI is InChI=1S/C21H26N6O3S/c1-13-5-6-15(14(2)9-13)20-16(10-23-24-20)21(28)22-11-18-17-12-27(31(4,29)30)8-7-19(17)26(3)25-18/h5-6,9-10H,7-8,11-12H2,1-4H3,(H,22,28)(H,23,24). The van der Waals surface area contributed by atoms with Gasteiger partial charge in [-0.2, -0.15) is 14.5 Å². The fourth-order valence-corrected chi connectivity index (χ4v) is 4.87. The van der Waals surface area contributed by atoms with Crippen LogP contribution >= 0.6 is 0 Å². The average molecular weight is 443 g/mol. The van der Waals surface area contributed by atoms with Crippen LogP contribution in [0.25, 0.3) is 11.3 Å². The Labute approximate surface area is 181 Å². The third-order valence-electron chi connectivity index (χ3n) is 5.71. The van der Waals surface area contributed by atoms with Gasteiger partial charge in [-0.3, -0.25) is 14.6 Å². The van der Waals surface area contributed by atoms with E-state index in [1.54, 1.807) is 4.68 Å². The minimum absolute atomic E-state index is 0.205. The predicted octanol–water partition coefficient (Wildman–Crippen LogP) is 1.67. The summed E-state index contributed by atoms with van der Waals surface area (Å²) in [4.78, 5) is 12.9. The number of H-pyrrole nitrogens is 1. The van der Waals surface area contributed by atoms with Crippen LogP contribution in [0.15, 0.2) is 24.4 Å². The summed E-state index contributed by atoms with van der Waals surface area (Å²) in [6.45, 7) is 4.93. The zero-order valence-corrected chi connectivity index (χ0v) is 18.9. The molecule has 0 saturated heterocycles. The Bertz CT molecular complexity index is 1260. The van der Waals surface area contributed by atoms with Crippen molar-refractivity contribution in [3.63, 3.8) is 0 Å². The highest BCUT2D eigenvalue weighted by Gasteiger charge is 2.28. The molecule has 1 aliphatic rings. The van der Waals surface area contributed by atoms with E-state index in [1.165, 1.54) is 16.8 Å². The molecule has 2 aromatic heterocycles. The molecular weight excluding hydrogens is 416 g/mol. The van der Waals surface area contributed by atoms with E-state index in [-0.39, 0.29) is 19.0 Å². The molecular formula is C21H26N6O3S. The first kappa shape index (κ1) is 21.3. The van der Waals surface area contributed by atoms with Gasteiger partial charge in [0.1, 0.15) is 0 Å². The van der Waals surface area contributed by atoms with Crippen LogP contribution in [0, 0.1) is 13.8 Å². The second-order valence-electron chi connectivity index (χ2n) is 8.00. The number of fused-ring (bicyclic) bond motifs is 1. The second kappa shape index (κ2) is 7.93.